The predicted molar refractivity (Wildman–Crippen MR) is 80.5 cm³/mol. The first kappa shape index (κ1) is 15.4. The fourth-order valence-electron chi connectivity index (χ4n) is 1.95. The first-order valence-corrected chi connectivity index (χ1v) is 7.70. The molecule has 3 heteroatoms. The van der Waals surface area contributed by atoms with E-state index in [0.29, 0.717) is 5.75 Å². The molecule has 0 aliphatic carbocycles. The highest BCUT2D eigenvalue weighted by molar-refractivity contribution is 7.86. The molecule has 0 aliphatic heterocycles. The lowest BCUT2D eigenvalue weighted by molar-refractivity contribution is 0.612. The minimum absolute atomic E-state index is 0.158. The first-order chi connectivity index (χ1) is 8.25. The second-order valence-electron chi connectivity index (χ2n) is 5.83. The van der Waals surface area contributed by atoms with Crippen molar-refractivity contribution in [1.82, 2.24) is 5.32 Å². The summed E-state index contributed by atoms with van der Waals surface area (Å²) in [6.45, 7) is 10.3. The standard InChI is InChI=1S/C15H25NOS/c1-11-7-8-13(12(2)9-11)14(16-6)10-18(17)15(3,4)5/h7-9,14,16H,10H2,1-6H3. The molecule has 0 aromatic heterocycles. The van der Waals surface area contributed by atoms with Crippen LogP contribution in [0.3, 0.4) is 0 Å². The third-order valence-corrected chi connectivity index (χ3v) is 5.15. The highest BCUT2D eigenvalue weighted by atomic mass is 32.2. The van der Waals surface area contributed by atoms with Gasteiger partial charge in [0.25, 0.3) is 0 Å². The zero-order valence-electron chi connectivity index (χ0n) is 12.3. The van der Waals surface area contributed by atoms with E-state index in [1.807, 2.05) is 27.8 Å². The molecule has 1 aromatic rings. The quantitative estimate of drug-likeness (QED) is 0.908. The Labute approximate surface area is 114 Å². The average molecular weight is 267 g/mol. The van der Waals surface area contributed by atoms with Crippen LogP contribution in [0.2, 0.25) is 0 Å². The molecular weight excluding hydrogens is 242 g/mol. The number of hydrogen-bond donors (Lipinski definition) is 1. The van der Waals surface area contributed by atoms with Gasteiger partial charge in [0.15, 0.2) is 0 Å². The van der Waals surface area contributed by atoms with Gasteiger partial charge in [0.05, 0.1) is 0 Å². The monoisotopic (exact) mass is 267 g/mol. The predicted octanol–water partition coefficient (Wildman–Crippen LogP) is 3.11. The minimum atomic E-state index is -0.844. The van der Waals surface area contributed by atoms with Gasteiger partial charge in [0, 0.05) is 27.3 Å². The van der Waals surface area contributed by atoms with Gasteiger partial charge in [-0.15, -0.1) is 0 Å². The Bertz CT molecular complexity index is 435. The molecule has 0 saturated carbocycles. The van der Waals surface area contributed by atoms with Crippen LogP contribution in [0, 0.1) is 13.8 Å². The third kappa shape index (κ3) is 3.92. The lowest BCUT2D eigenvalue weighted by Gasteiger charge is -2.24. The van der Waals surface area contributed by atoms with Gasteiger partial charge < -0.3 is 5.32 Å². The second-order valence-corrected chi connectivity index (χ2v) is 8.07. The van der Waals surface area contributed by atoms with Crippen molar-refractivity contribution in [3.8, 4) is 0 Å². The van der Waals surface area contributed by atoms with Gasteiger partial charge in [-0.05, 0) is 52.8 Å². The lowest BCUT2D eigenvalue weighted by atomic mass is 10.0. The SMILES string of the molecule is CNC(CS(=O)C(C)(C)C)c1ccc(C)cc1C. The van der Waals surface area contributed by atoms with Gasteiger partial charge in [-0.1, -0.05) is 23.8 Å². The third-order valence-electron chi connectivity index (χ3n) is 3.15. The van der Waals surface area contributed by atoms with E-state index in [1.165, 1.54) is 16.7 Å². The number of rotatable bonds is 4. The van der Waals surface area contributed by atoms with Crippen LogP contribution in [0.1, 0.15) is 43.5 Å². The van der Waals surface area contributed by atoms with Gasteiger partial charge in [-0.3, -0.25) is 4.21 Å². The topological polar surface area (TPSA) is 29.1 Å². The van der Waals surface area contributed by atoms with Crippen molar-refractivity contribution in [2.24, 2.45) is 0 Å². The van der Waals surface area contributed by atoms with E-state index in [9.17, 15) is 4.21 Å². The lowest BCUT2D eigenvalue weighted by Crippen LogP contribution is -2.31. The fraction of sp³-hybridized carbons (Fsp3) is 0.600. The Morgan fingerprint density at radius 3 is 2.33 bits per heavy atom. The van der Waals surface area contributed by atoms with Crippen LogP contribution in [0.5, 0.6) is 0 Å². The Hall–Kier alpha value is -0.670. The van der Waals surface area contributed by atoms with E-state index < -0.39 is 10.8 Å². The van der Waals surface area contributed by atoms with Gasteiger partial charge in [-0.25, -0.2) is 0 Å². The maximum atomic E-state index is 12.3. The van der Waals surface area contributed by atoms with Crippen molar-refractivity contribution in [2.45, 2.75) is 45.4 Å². The summed E-state index contributed by atoms with van der Waals surface area (Å²) in [4.78, 5) is 0. The average Bonchev–Trinajstić information content (AvgIpc) is 2.25. The van der Waals surface area contributed by atoms with Crippen molar-refractivity contribution in [3.05, 3.63) is 34.9 Å². The first-order valence-electron chi connectivity index (χ1n) is 6.38. The molecule has 2 unspecified atom stereocenters. The molecule has 1 N–H and O–H groups in total. The van der Waals surface area contributed by atoms with E-state index in [2.05, 4.69) is 37.4 Å². The van der Waals surface area contributed by atoms with Crippen LogP contribution >= 0.6 is 0 Å². The van der Waals surface area contributed by atoms with Crippen LogP contribution in [0.25, 0.3) is 0 Å². The van der Waals surface area contributed by atoms with E-state index in [-0.39, 0.29) is 10.8 Å². The molecule has 2 nitrogen and oxygen atoms in total. The summed E-state index contributed by atoms with van der Waals surface area (Å²) >= 11 is 0. The maximum absolute atomic E-state index is 12.3. The van der Waals surface area contributed by atoms with Gasteiger partial charge in [0.2, 0.25) is 0 Å². The van der Waals surface area contributed by atoms with Crippen molar-refractivity contribution >= 4 is 10.8 Å². The van der Waals surface area contributed by atoms with Crippen LogP contribution in [-0.4, -0.2) is 21.8 Å². The van der Waals surface area contributed by atoms with Gasteiger partial charge >= 0.3 is 0 Å². The summed E-state index contributed by atoms with van der Waals surface area (Å²) in [5.74, 6) is 0.657. The second kappa shape index (κ2) is 5.98. The maximum Gasteiger partial charge on any atom is 0.0437 e. The molecule has 0 amide bonds. The smallest absolute Gasteiger partial charge is 0.0437 e. The summed E-state index contributed by atoms with van der Waals surface area (Å²) < 4.78 is 12.1. The number of hydrogen-bond acceptors (Lipinski definition) is 2. The zero-order chi connectivity index (χ0) is 13.9. The minimum Gasteiger partial charge on any atom is -0.312 e. The molecule has 0 heterocycles. The molecule has 18 heavy (non-hydrogen) atoms. The molecule has 2 atom stereocenters. The Kier molecular flexibility index (Phi) is 5.11. The zero-order valence-corrected chi connectivity index (χ0v) is 13.1. The van der Waals surface area contributed by atoms with Crippen LogP contribution in [0.4, 0.5) is 0 Å². The molecule has 0 bridgehead atoms. The van der Waals surface area contributed by atoms with Crippen LogP contribution in [0.15, 0.2) is 18.2 Å². The fourth-order valence-corrected chi connectivity index (χ4v) is 3.10. The summed E-state index contributed by atoms with van der Waals surface area (Å²) in [6.07, 6.45) is 0. The number of benzene rings is 1. The molecule has 0 aliphatic rings. The Balaban J connectivity index is 2.93. The summed E-state index contributed by atoms with van der Waals surface area (Å²) in [5, 5.41) is 3.29. The number of nitrogens with one attached hydrogen (secondary N) is 1. The van der Waals surface area contributed by atoms with E-state index in [4.69, 9.17) is 0 Å². The Morgan fingerprint density at radius 2 is 1.89 bits per heavy atom. The molecule has 0 spiro atoms. The van der Waals surface area contributed by atoms with Gasteiger partial charge in [0.1, 0.15) is 0 Å². The van der Waals surface area contributed by atoms with E-state index in [1.54, 1.807) is 0 Å². The van der Waals surface area contributed by atoms with Gasteiger partial charge in [-0.2, -0.15) is 0 Å². The molecular formula is C15H25NOS. The molecule has 1 aromatic carbocycles. The summed E-state index contributed by atoms with van der Waals surface area (Å²) in [6, 6.07) is 6.60. The largest absolute Gasteiger partial charge is 0.312 e. The Morgan fingerprint density at radius 1 is 1.28 bits per heavy atom. The molecule has 102 valence electrons. The van der Waals surface area contributed by atoms with E-state index in [0.717, 1.165) is 0 Å². The van der Waals surface area contributed by atoms with Crippen molar-refractivity contribution in [3.63, 3.8) is 0 Å². The normalized spacial score (nSPS) is 15.4. The van der Waals surface area contributed by atoms with Crippen molar-refractivity contribution in [1.29, 1.82) is 0 Å². The molecule has 1 rings (SSSR count). The summed E-state index contributed by atoms with van der Waals surface area (Å²) in [7, 11) is 1.09. The number of aryl methyl sites for hydroxylation is 2. The molecule has 0 radical (unpaired) electrons. The van der Waals surface area contributed by atoms with Crippen LogP contribution < -0.4 is 5.32 Å². The molecule has 0 fully saturated rings. The van der Waals surface area contributed by atoms with Crippen molar-refractivity contribution < 1.29 is 4.21 Å². The van der Waals surface area contributed by atoms with Crippen LogP contribution in [-0.2, 0) is 10.8 Å². The highest BCUT2D eigenvalue weighted by Crippen LogP contribution is 2.23. The molecule has 0 saturated heterocycles. The van der Waals surface area contributed by atoms with E-state index >= 15 is 0 Å². The summed E-state index contributed by atoms with van der Waals surface area (Å²) in [5.41, 5.74) is 3.78. The highest BCUT2D eigenvalue weighted by Gasteiger charge is 2.23. The van der Waals surface area contributed by atoms with Crippen molar-refractivity contribution in [2.75, 3.05) is 12.8 Å².